The normalized spacial score (nSPS) is 14.8. The number of rotatable bonds is 16. The van der Waals surface area contributed by atoms with Crippen LogP contribution < -0.4 is 27.4 Å². The lowest BCUT2D eigenvalue weighted by atomic mass is 10.0. The molecule has 0 aliphatic carbocycles. The lowest BCUT2D eigenvalue weighted by Gasteiger charge is -2.25. The molecule has 1 rings (SSSR count). The van der Waals surface area contributed by atoms with Gasteiger partial charge in [0, 0.05) is 19.3 Å². The number of hydrogen-bond acceptors (Lipinski definition) is 8. The maximum atomic E-state index is 13.2. The van der Waals surface area contributed by atoms with Crippen LogP contribution in [0.1, 0.15) is 38.2 Å². The number of aliphatic hydroxyl groups excluding tert-OH is 1. The van der Waals surface area contributed by atoms with E-state index >= 15 is 0 Å². The Kier molecular flexibility index (Phi) is 12.7. The van der Waals surface area contributed by atoms with E-state index in [9.17, 15) is 39.0 Å². The number of amides is 4. The first-order valence-corrected chi connectivity index (χ1v) is 11.4. The summed E-state index contributed by atoms with van der Waals surface area (Å²) in [5.41, 5.74) is 11.5. The molecular formula is C23H33N5O9. The predicted molar refractivity (Wildman–Crippen MR) is 129 cm³/mol. The van der Waals surface area contributed by atoms with Gasteiger partial charge in [0.15, 0.2) is 0 Å². The van der Waals surface area contributed by atoms with Crippen LogP contribution in [0.15, 0.2) is 30.3 Å². The second-order valence-corrected chi connectivity index (χ2v) is 8.42. The zero-order chi connectivity index (χ0) is 28.1. The molecule has 0 aromatic heterocycles. The number of carboxylic acids is 2. The number of aliphatic hydroxyl groups is 1. The molecule has 0 radical (unpaired) electrons. The summed E-state index contributed by atoms with van der Waals surface area (Å²) in [4.78, 5) is 72.0. The van der Waals surface area contributed by atoms with Crippen LogP contribution in [0, 0.1) is 0 Å². The van der Waals surface area contributed by atoms with Crippen LogP contribution in [0.5, 0.6) is 0 Å². The highest BCUT2D eigenvalue weighted by Crippen LogP contribution is 2.07. The van der Waals surface area contributed by atoms with Crippen molar-refractivity contribution >= 4 is 35.6 Å². The van der Waals surface area contributed by atoms with Crippen molar-refractivity contribution in [1.82, 2.24) is 16.0 Å². The Morgan fingerprint density at radius 3 is 1.84 bits per heavy atom. The van der Waals surface area contributed by atoms with Crippen molar-refractivity contribution in [1.29, 1.82) is 0 Å². The quantitative estimate of drug-likeness (QED) is 0.114. The second-order valence-electron chi connectivity index (χ2n) is 8.42. The molecule has 0 saturated carbocycles. The largest absolute Gasteiger partial charge is 0.481 e. The molecule has 0 saturated heterocycles. The van der Waals surface area contributed by atoms with Crippen molar-refractivity contribution in [3.05, 3.63) is 35.9 Å². The highest BCUT2D eigenvalue weighted by molar-refractivity contribution is 5.94. The number of benzene rings is 1. The van der Waals surface area contributed by atoms with Crippen LogP contribution in [0.4, 0.5) is 0 Å². The van der Waals surface area contributed by atoms with Crippen LogP contribution >= 0.6 is 0 Å². The molecule has 10 N–H and O–H groups in total. The second kappa shape index (κ2) is 15.2. The maximum Gasteiger partial charge on any atom is 0.326 e. The Bertz CT molecular complexity index is 971. The molecule has 1 aromatic rings. The summed E-state index contributed by atoms with van der Waals surface area (Å²) in [6, 6.07) is 2.94. The zero-order valence-electron chi connectivity index (χ0n) is 20.3. The average molecular weight is 524 g/mol. The fourth-order valence-corrected chi connectivity index (χ4v) is 3.17. The molecule has 0 aliphatic rings. The highest BCUT2D eigenvalue weighted by atomic mass is 16.4. The van der Waals surface area contributed by atoms with Crippen LogP contribution in [0.3, 0.4) is 0 Å². The minimum absolute atomic E-state index is 0.0224. The van der Waals surface area contributed by atoms with Crippen LogP contribution in [0.25, 0.3) is 0 Å². The first-order valence-electron chi connectivity index (χ1n) is 11.4. The summed E-state index contributed by atoms with van der Waals surface area (Å²) >= 11 is 0. The zero-order valence-corrected chi connectivity index (χ0v) is 20.3. The summed E-state index contributed by atoms with van der Waals surface area (Å²) in [7, 11) is 0. The van der Waals surface area contributed by atoms with Gasteiger partial charge in [0.05, 0.1) is 6.10 Å². The SMILES string of the molecule is CC(O)C(N)C(=O)NC(Cc1ccccc1)C(=O)NC(CCC(N)=O)C(=O)NC(CCC(=O)O)C(=O)O. The molecule has 14 heteroatoms. The number of carboxylic acid groups (broad SMARTS) is 2. The van der Waals surface area contributed by atoms with Gasteiger partial charge in [0.25, 0.3) is 0 Å². The van der Waals surface area contributed by atoms with Crippen molar-refractivity contribution in [2.24, 2.45) is 11.5 Å². The van der Waals surface area contributed by atoms with Gasteiger partial charge in [-0.15, -0.1) is 0 Å². The third kappa shape index (κ3) is 11.5. The maximum absolute atomic E-state index is 13.2. The van der Waals surface area contributed by atoms with Crippen LogP contribution in [-0.2, 0) is 35.2 Å². The summed E-state index contributed by atoms with van der Waals surface area (Å²) in [6.07, 6.45) is -2.83. The number of carbonyl (C=O) groups excluding carboxylic acids is 4. The fraction of sp³-hybridized carbons (Fsp3) is 0.478. The number of carbonyl (C=O) groups is 6. The molecule has 0 fully saturated rings. The predicted octanol–water partition coefficient (Wildman–Crippen LogP) is -2.39. The molecule has 0 bridgehead atoms. The van der Waals surface area contributed by atoms with E-state index in [1.54, 1.807) is 30.3 Å². The van der Waals surface area contributed by atoms with E-state index in [0.29, 0.717) is 5.56 Å². The lowest BCUT2D eigenvalue weighted by Crippen LogP contribution is -2.58. The molecular weight excluding hydrogens is 490 g/mol. The number of nitrogens with one attached hydrogen (secondary N) is 3. The van der Waals surface area contributed by atoms with Gasteiger partial charge in [-0.25, -0.2) is 4.79 Å². The third-order valence-corrected chi connectivity index (χ3v) is 5.31. The monoisotopic (exact) mass is 523 g/mol. The van der Waals surface area contributed by atoms with Gasteiger partial charge in [-0.2, -0.15) is 0 Å². The van der Waals surface area contributed by atoms with E-state index in [-0.39, 0.29) is 19.3 Å². The number of aliphatic carboxylic acids is 2. The van der Waals surface area contributed by atoms with Gasteiger partial charge in [0.2, 0.25) is 23.6 Å². The van der Waals surface area contributed by atoms with Crippen molar-refractivity contribution in [2.75, 3.05) is 0 Å². The molecule has 0 aliphatic heterocycles. The minimum atomic E-state index is -1.57. The van der Waals surface area contributed by atoms with Gasteiger partial charge in [-0.05, 0) is 25.3 Å². The Morgan fingerprint density at radius 1 is 0.811 bits per heavy atom. The fourth-order valence-electron chi connectivity index (χ4n) is 3.17. The molecule has 0 heterocycles. The van der Waals surface area contributed by atoms with E-state index in [1.165, 1.54) is 6.92 Å². The molecule has 37 heavy (non-hydrogen) atoms. The number of hydrogen-bond donors (Lipinski definition) is 8. The summed E-state index contributed by atoms with van der Waals surface area (Å²) < 4.78 is 0. The Morgan fingerprint density at radius 2 is 1.32 bits per heavy atom. The summed E-state index contributed by atoms with van der Waals surface area (Å²) in [5, 5.41) is 34.7. The van der Waals surface area contributed by atoms with E-state index < -0.39 is 78.7 Å². The third-order valence-electron chi connectivity index (χ3n) is 5.31. The smallest absolute Gasteiger partial charge is 0.326 e. The standard InChI is InChI=1S/C23H33N5O9/c1-12(29)19(25)22(35)28-16(11-13-5-3-2-4-6-13)21(34)26-14(7-9-17(24)30)20(33)27-15(23(36)37)8-10-18(31)32/h2-6,12,14-16,19,29H,7-11,25H2,1H3,(H2,24,30)(H,26,34)(H,27,33)(H,28,35)(H,31,32)(H,36,37). The van der Waals surface area contributed by atoms with Gasteiger partial charge in [-0.1, -0.05) is 30.3 Å². The molecule has 14 nitrogen and oxygen atoms in total. The van der Waals surface area contributed by atoms with Gasteiger partial charge >= 0.3 is 11.9 Å². The molecule has 5 atom stereocenters. The van der Waals surface area contributed by atoms with Gasteiger partial charge in [0.1, 0.15) is 24.2 Å². The van der Waals surface area contributed by atoms with Crippen molar-refractivity contribution < 1.29 is 44.1 Å². The number of primary amides is 1. The van der Waals surface area contributed by atoms with E-state index in [1.807, 2.05) is 0 Å². The first kappa shape index (κ1) is 31.0. The highest BCUT2D eigenvalue weighted by Gasteiger charge is 2.31. The van der Waals surface area contributed by atoms with E-state index in [0.717, 1.165) is 0 Å². The molecule has 204 valence electrons. The van der Waals surface area contributed by atoms with Crippen molar-refractivity contribution in [2.45, 2.75) is 69.3 Å². The van der Waals surface area contributed by atoms with Crippen LogP contribution in [-0.4, -0.2) is 81.2 Å². The van der Waals surface area contributed by atoms with Crippen molar-refractivity contribution in [3.63, 3.8) is 0 Å². The van der Waals surface area contributed by atoms with Crippen molar-refractivity contribution in [3.8, 4) is 0 Å². The topological polar surface area (TPSA) is 251 Å². The van der Waals surface area contributed by atoms with E-state index in [4.69, 9.17) is 16.6 Å². The lowest BCUT2D eigenvalue weighted by molar-refractivity contribution is -0.143. The Balaban J connectivity index is 3.13. The molecule has 5 unspecified atom stereocenters. The molecule has 1 aromatic carbocycles. The average Bonchev–Trinajstić information content (AvgIpc) is 2.83. The van der Waals surface area contributed by atoms with Gasteiger partial charge < -0.3 is 42.7 Å². The molecule has 4 amide bonds. The summed E-state index contributed by atoms with van der Waals surface area (Å²) in [6.45, 7) is 1.30. The molecule has 0 spiro atoms. The summed E-state index contributed by atoms with van der Waals surface area (Å²) in [5.74, 6) is -6.21. The minimum Gasteiger partial charge on any atom is -0.481 e. The number of nitrogens with two attached hydrogens (primary N) is 2. The Labute approximate surface area is 212 Å². The van der Waals surface area contributed by atoms with Gasteiger partial charge in [-0.3, -0.25) is 24.0 Å². The Hall–Kier alpha value is -4.04. The van der Waals surface area contributed by atoms with E-state index in [2.05, 4.69) is 16.0 Å². The van der Waals surface area contributed by atoms with Crippen LogP contribution in [0.2, 0.25) is 0 Å². The first-order chi connectivity index (χ1) is 17.3.